The van der Waals surface area contributed by atoms with Crippen LogP contribution < -0.4 is 5.32 Å². The van der Waals surface area contributed by atoms with Crippen molar-refractivity contribution in [3.8, 4) is 0 Å². The van der Waals surface area contributed by atoms with Crippen LogP contribution in [0.4, 0.5) is 0 Å². The summed E-state index contributed by atoms with van der Waals surface area (Å²) in [7, 11) is 0. The molecule has 1 heterocycles. The van der Waals surface area contributed by atoms with Gasteiger partial charge >= 0.3 is 5.97 Å². The van der Waals surface area contributed by atoms with E-state index in [0.717, 1.165) is 15.4 Å². The molecule has 18 heavy (non-hydrogen) atoms. The average Bonchev–Trinajstić information content (AvgIpc) is 2.76. The van der Waals surface area contributed by atoms with Gasteiger partial charge in [-0.1, -0.05) is 30.3 Å². The summed E-state index contributed by atoms with van der Waals surface area (Å²) in [6, 6.07) is 8.48. The molecule has 2 rings (SSSR count). The van der Waals surface area contributed by atoms with Gasteiger partial charge in [-0.3, -0.25) is 10.1 Å². The van der Waals surface area contributed by atoms with Crippen LogP contribution in [0.25, 0.3) is 0 Å². The molecule has 0 amide bonds. The van der Waals surface area contributed by atoms with Gasteiger partial charge < -0.3 is 5.11 Å². The van der Waals surface area contributed by atoms with E-state index in [9.17, 15) is 9.90 Å². The highest BCUT2D eigenvalue weighted by molar-refractivity contribution is 7.11. The molecule has 0 bridgehead atoms. The van der Waals surface area contributed by atoms with E-state index in [-0.39, 0.29) is 0 Å². The monoisotopic (exact) mass is 262 g/mol. The van der Waals surface area contributed by atoms with Crippen LogP contribution in [-0.4, -0.2) is 16.1 Å². The molecule has 0 spiro atoms. The molecule has 0 aliphatic rings. The molecule has 0 saturated heterocycles. The molecule has 0 aliphatic carbocycles. The molecule has 1 atom stereocenters. The summed E-state index contributed by atoms with van der Waals surface area (Å²) in [5.74, 6) is -0.873. The lowest BCUT2D eigenvalue weighted by atomic mass is 10.1. The van der Waals surface area contributed by atoms with Crippen molar-refractivity contribution < 1.29 is 9.90 Å². The second-order valence-corrected chi connectivity index (χ2v) is 5.23. The van der Waals surface area contributed by atoms with Crippen molar-refractivity contribution in [2.24, 2.45) is 0 Å². The van der Waals surface area contributed by atoms with Gasteiger partial charge in [-0.15, -0.1) is 11.3 Å². The second kappa shape index (κ2) is 5.75. The van der Waals surface area contributed by atoms with E-state index >= 15 is 0 Å². The fourth-order valence-electron chi connectivity index (χ4n) is 1.68. The Kier molecular flexibility index (Phi) is 4.07. The maximum Gasteiger partial charge on any atom is 0.325 e. The fourth-order valence-corrected chi connectivity index (χ4v) is 2.43. The minimum absolute atomic E-state index is 0.511. The lowest BCUT2D eigenvalue weighted by Gasteiger charge is -2.13. The highest BCUT2D eigenvalue weighted by atomic mass is 32.1. The zero-order chi connectivity index (χ0) is 13.0. The first kappa shape index (κ1) is 12.7. The summed E-state index contributed by atoms with van der Waals surface area (Å²) < 4.78 is 0. The lowest BCUT2D eigenvalue weighted by molar-refractivity contribution is -0.139. The number of aromatic nitrogens is 1. The Balaban J connectivity index is 2.06. The van der Waals surface area contributed by atoms with Gasteiger partial charge in [-0.05, 0) is 12.5 Å². The highest BCUT2D eigenvalue weighted by Crippen LogP contribution is 2.16. The van der Waals surface area contributed by atoms with Crippen LogP contribution in [-0.2, 0) is 11.3 Å². The number of hydrogen-bond acceptors (Lipinski definition) is 4. The first-order valence-electron chi connectivity index (χ1n) is 5.59. The van der Waals surface area contributed by atoms with Gasteiger partial charge in [0.1, 0.15) is 6.04 Å². The summed E-state index contributed by atoms with van der Waals surface area (Å²) in [5, 5.41) is 13.3. The molecule has 1 aromatic heterocycles. The van der Waals surface area contributed by atoms with Crippen molar-refractivity contribution in [3.05, 3.63) is 52.0 Å². The molecule has 2 N–H and O–H groups in total. The molecule has 2 aromatic rings. The number of carboxylic acid groups (broad SMARTS) is 1. The Labute approximate surface area is 109 Å². The SMILES string of the molecule is Cc1ncc(CNC(C(=O)O)c2ccccc2)s1. The van der Waals surface area contributed by atoms with Gasteiger partial charge in [0.15, 0.2) is 0 Å². The minimum Gasteiger partial charge on any atom is -0.480 e. The van der Waals surface area contributed by atoms with Crippen LogP contribution in [0.2, 0.25) is 0 Å². The van der Waals surface area contributed by atoms with Crippen LogP contribution in [0.3, 0.4) is 0 Å². The Morgan fingerprint density at radius 2 is 2.17 bits per heavy atom. The van der Waals surface area contributed by atoms with Gasteiger partial charge in [0.2, 0.25) is 0 Å². The lowest BCUT2D eigenvalue weighted by Crippen LogP contribution is -2.27. The molecule has 5 heteroatoms. The van der Waals surface area contributed by atoms with Crippen molar-refractivity contribution in [3.63, 3.8) is 0 Å². The smallest absolute Gasteiger partial charge is 0.325 e. The van der Waals surface area contributed by atoms with Crippen LogP contribution in [0.15, 0.2) is 36.5 Å². The normalized spacial score (nSPS) is 12.3. The van der Waals surface area contributed by atoms with Crippen molar-refractivity contribution >= 4 is 17.3 Å². The van der Waals surface area contributed by atoms with Crippen LogP contribution >= 0.6 is 11.3 Å². The van der Waals surface area contributed by atoms with Gasteiger partial charge in [0.05, 0.1) is 5.01 Å². The molecule has 0 saturated carbocycles. The number of nitrogens with zero attached hydrogens (tertiary/aromatic N) is 1. The third kappa shape index (κ3) is 3.15. The van der Waals surface area contributed by atoms with Crippen LogP contribution in [0.5, 0.6) is 0 Å². The standard InChI is InChI=1S/C13H14N2O2S/c1-9-14-7-11(18-9)8-15-12(13(16)17)10-5-3-2-4-6-10/h2-7,12,15H,8H2,1H3,(H,16,17). The predicted octanol–water partition coefficient (Wildman–Crippen LogP) is 2.37. The van der Waals surface area contributed by atoms with Crippen molar-refractivity contribution in [2.75, 3.05) is 0 Å². The minimum atomic E-state index is -0.873. The Morgan fingerprint density at radius 1 is 1.44 bits per heavy atom. The first-order valence-corrected chi connectivity index (χ1v) is 6.41. The predicted molar refractivity (Wildman–Crippen MR) is 70.5 cm³/mol. The molecule has 1 unspecified atom stereocenters. The quantitative estimate of drug-likeness (QED) is 0.868. The third-order valence-electron chi connectivity index (χ3n) is 2.53. The van der Waals surface area contributed by atoms with Crippen molar-refractivity contribution in [2.45, 2.75) is 19.5 Å². The number of aryl methyl sites for hydroxylation is 1. The number of hydrogen-bond donors (Lipinski definition) is 2. The zero-order valence-electron chi connectivity index (χ0n) is 9.96. The maximum atomic E-state index is 11.3. The molecule has 94 valence electrons. The molecule has 0 aliphatic heterocycles. The van der Waals surface area contributed by atoms with Gasteiger partial charge in [-0.2, -0.15) is 0 Å². The van der Waals surface area contributed by atoms with Crippen LogP contribution in [0.1, 0.15) is 21.5 Å². The number of benzene rings is 1. The van der Waals surface area contributed by atoms with Gasteiger partial charge in [-0.25, -0.2) is 4.98 Å². The number of nitrogens with one attached hydrogen (secondary N) is 1. The molecule has 0 radical (unpaired) electrons. The van der Waals surface area contributed by atoms with Gasteiger partial charge in [0, 0.05) is 17.6 Å². The summed E-state index contributed by atoms with van der Waals surface area (Å²) in [4.78, 5) is 16.4. The fraction of sp³-hybridized carbons (Fsp3) is 0.231. The number of thiazole rings is 1. The topological polar surface area (TPSA) is 62.2 Å². The van der Waals surface area contributed by atoms with E-state index < -0.39 is 12.0 Å². The largest absolute Gasteiger partial charge is 0.480 e. The van der Waals surface area contributed by atoms with Gasteiger partial charge in [0.25, 0.3) is 0 Å². The summed E-state index contributed by atoms with van der Waals surface area (Å²) in [6.45, 7) is 2.44. The Hall–Kier alpha value is -1.72. The average molecular weight is 262 g/mol. The van der Waals surface area contributed by atoms with E-state index in [0.29, 0.717) is 6.54 Å². The molecule has 1 aromatic carbocycles. The summed E-state index contributed by atoms with van der Waals surface area (Å²) >= 11 is 1.57. The summed E-state index contributed by atoms with van der Waals surface area (Å²) in [5.41, 5.74) is 0.756. The molecular weight excluding hydrogens is 248 g/mol. The number of carbonyl (C=O) groups is 1. The van der Waals surface area contributed by atoms with Crippen molar-refractivity contribution in [1.82, 2.24) is 10.3 Å². The molecule has 0 fully saturated rings. The van der Waals surface area contributed by atoms with E-state index in [4.69, 9.17) is 0 Å². The van der Waals surface area contributed by atoms with Crippen LogP contribution in [0, 0.1) is 6.92 Å². The van der Waals surface area contributed by atoms with E-state index in [1.807, 2.05) is 37.3 Å². The zero-order valence-corrected chi connectivity index (χ0v) is 10.8. The molecular formula is C13H14N2O2S. The summed E-state index contributed by atoms with van der Waals surface area (Å²) in [6.07, 6.45) is 1.77. The Morgan fingerprint density at radius 3 is 2.72 bits per heavy atom. The maximum absolute atomic E-state index is 11.3. The highest BCUT2D eigenvalue weighted by Gasteiger charge is 2.18. The Bertz CT molecular complexity index is 525. The second-order valence-electron chi connectivity index (χ2n) is 3.91. The van der Waals surface area contributed by atoms with E-state index in [1.165, 1.54) is 0 Å². The third-order valence-corrected chi connectivity index (χ3v) is 3.44. The van der Waals surface area contributed by atoms with E-state index in [2.05, 4.69) is 10.3 Å². The first-order chi connectivity index (χ1) is 8.66. The number of carboxylic acids is 1. The molecule has 4 nitrogen and oxygen atoms in total. The number of rotatable bonds is 5. The van der Waals surface area contributed by atoms with E-state index in [1.54, 1.807) is 17.5 Å². The van der Waals surface area contributed by atoms with Crippen molar-refractivity contribution in [1.29, 1.82) is 0 Å². The number of aliphatic carboxylic acids is 1.